The van der Waals surface area contributed by atoms with Crippen molar-refractivity contribution in [2.45, 2.75) is 24.9 Å². The molecular weight excluding hydrogens is 508 g/mol. The molecule has 1 saturated heterocycles. The van der Waals surface area contributed by atoms with Gasteiger partial charge in [-0.05, 0) is 36.8 Å². The fraction of sp³-hybridized carbons (Fsp3) is 0.147. The van der Waals surface area contributed by atoms with E-state index in [0.717, 1.165) is 5.56 Å². The van der Waals surface area contributed by atoms with Crippen molar-refractivity contribution in [2.75, 3.05) is 4.90 Å². The van der Waals surface area contributed by atoms with Crippen molar-refractivity contribution in [3.8, 4) is 0 Å². The minimum Gasteiger partial charge on any atom is -0.352 e. The first-order valence-electron chi connectivity index (χ1n) is 13.1. The van der Waals surface area contributed by atoms with Gasteiger partial charge in [0.05, 0.1) is 6.04 Å². The van der Waals surface area contributed by atoms with Crippen LogP contribution in [0.1, 0.15) is 53.7 Å². The van der Waals surface area contributed by atoms with Crippen LogP contribution in [0.4, 0.5) is 14.5 Å². The molecule has 0 radical (unpaired) electrons. The third kappa shape index (κ3) is 3.13. The van der Waals surface area contributed by atoms with Crippen LogP contribution in [0.2, 0.25) is 0 Å². The topological polar surface area (TPSA) is 54.5 Å². The number of carbonyl (C=O) groups is 3. The number of anilines is 1. The first-order chi connectivity index (χ1) is 19.3. The van der Waals surface area contributed by atoms with Crippen molar-refractivity contribution < 1.29 is 23.2 Å². The van der Waals surface area contributed by atoms with Gasteiger partial charge in [0.1, 0.15) is 23.1 Å². The lowest BCUT2D eigenvalue weighted by Gasteiger charge is -2.37. The van der Waals surface area contributed by atoms with Crippen LogP contribution < -0.4 is 4.90 Å². The van der Waals surface area contributed by atoms with Gasteiger partial charge in [-0.1, -0.05) is 84.4 Å². The SMILES string of the molecule is Cc1ccc(C(=O)[C@H]2[C@H](c3ccccc3F)C3(C(=O)c4ccccc4C3=O)[C@H]3C=Cc4cc(F)ccc4N23)cc1. The van der Waals surface area contributed by atoms with Gasteiger partial charge in [0.2, 0.25) is 0 Å². The molecule has 196 valence electrons. The number of hydrogen-bond acceptors (Lipinski definition) is 4. The zero-order chi connectivity index (χ0) is 27.8. The van der Waals surface area contributed by atoms with E-state index in [2.05, 4.69) is 0 Å². The summed E-state index contributed by atoms with van der Waals surface area (Å²) in [7, 11) is 0. The second-order valence-corrected chi connectivity index (χ2v) is 10.7. The van der Waals surface area contributed by atoms with E-state index in [1.54, 1.807) is 71.6 Å². The van der Waals surface area contributed by atoms with Gasteiger partial charge in [0.25, 0.3) is 0 Å². The van der Waals surface area contributed by atoms with Gasteiger partial charge in [-0.2, -0.15) is 0 Å². The summed E-state index contributed by atoms with van der Waals surface area (Å²) in [6, 6.07) is 21.8. The molecular formula is C34H23F2NO3. The molecule has 40 heavy (non-hydrogen) atoms. The number of hydrogen-bond donors (Lipinski definition) is 0. The van der Waals surface area contributed by atoms with Crippen molar-refractivity contribution in [3.05, 3.63) is 142 Å². The molecule has 4 aromatic carbocycles. The van der Waals surface area contributed by atoms with E-state index in [9.17, 15) is 18.8 Å². The average Bonchev–Trinajstić information content (AvgIpc) is 3.39. The number of nitrogens with zero attached hydrogens (tertiary/aromatic N) is 1. The summed E-state index contributed by atoms with van der Waals surface area (Å²) in [4.78, 5) is 45.3. The highest BCUT2D eigenvalue weighted by Crippen LogP contribution is 2.61. The minimum atomic E-state index is -1.81. The standard InChI is InChI=1S/C34H23F2NO3/c1-19-10-12-20(13-11-19)31(38)30-29(25-8-4-5-9-26(25)36)34(32(39)23-6-2-3-7-24(23)33(34)40)28-17-14-21-18-22(35)15-16-27(21)37(28)30/h2-18,28-30H,1H3/t28-,29+,30-/m1/s1. The van der Waals surface area contributed by atoms with Crippen LogP contribution in [0.3, 0.4) is 0 Å². The second-order valence-electron chi connectivity index (χ2n) is 10.7. The summed E-state index contributed by atoms with van der Waals surface area (Å²) in [5.74, 6) is -3.44. The van der Waals surface area contributed by atoms with Crippen LogP contribution in [0.15, 0.2) is 97.1 Å². The number of halogens is 2. The maximum Gasteiger partial charge on any atom is 0.185 e. The lowest BCUT2D eigenvalue weighted by atomic mass is 9.64. The van der Waals surface area contributed by atoms with Gasteiger partial charge < -0.3 is 4.90 Å². The number of benzene rings is 4. The Bertz CT molecular complexity index is 1740. The lowest BCUT2D eigenvalue weighted by Crippen LogP contribution is -2.48. The van der Waals surface area contributed by atoms with Crippen LogP contribution in [0.5, 0.6) is 0 Å². The number of rotatable bonds is 3. The van der Waals surface area contributed by atoms with E-state index < -0.39 is 46.6 Å². The van der Waals surface area contributed by atoms with E-state index in [0.29, 0.717) is 16.8 Å². The Morgan fingerprint density at radius 2 is 1.48 bits per heavy atom. The van der Waals surface area contributed by atoms with Gasteiger partial charge in [0, 0.05) is 33.9 Å². The molecule has 6 heteroatoms. The molecule has 0 saturated carbocycles. The quantitative estimate of drug-likeness (QED) is 0.221. The molecule has 0 amide bonds. The van der Waals surface area contributed by atoms with Gasteiger partial charge in [-0.15, -0.1) is 0 Å². The molecule has 3 atom stereocenters. The predicted octanol–water partition coefficient (Wildman–Crippen LogP) is 6.59. The van der Waals surface area contributed by atoms with E-state index >= 15 is 4.39 Å². The van der Waals surface area contributed by atoms with Crippen LogP contribution in [0.25, 0.3) is 6.08 Å². The second kappa shape index (κ2) is 8.65. The van der Waals surface area contributed by atoms with E-state index in [-0.39, 0.29) is 22.5 Å². The van der Waals surface area contributed by atoms with Crippen molar-refractivity contribution in [1.29, 1.82) is 0 Å². The average molecular weight is 532 g/mol. The zero-order valence-electron chi connectivity index (χ0n) is 21.5. The fourth-order valence-corrected chi connectivity index (χ4v) is 6.91. The summed E-state index contributed by atoms with van der Waals surface area (Å²) in [6.07, 6.45) is 3.38. The summed E-state index contributed by atoms with van der Waals surface area (Å²) >= 11 is 0. The predicted molar refractivity (Wildman–Crippen MR) is 148 cm³/mol. The highest BCUT2D eigenvalue weighted by atomic mass is 19.1. The Morgan fingerprint density at radius 3 is 2.15 bits per heavy atom. The van der Waals surface area contributed by atoms with Crippen LogP contribution in [-0.4, -0.2) is 29.4 Å². The zero-order valence-corrected chi connectivity index (χ0v) is 21.5. The third-order valence-corrected chi connectivity index (χ3v) is 8.61. The first kappa shape index (κ1) is 24.3. The summed E-state index contributed by atoms with van der Waals surface area (Å²) in [5, 5.41) is 0. The molecule has 4 nitrogen and oxygen atoms in total. The van der Waals surface area contributed by atoms with Crippen LogP contribution in [-0.2, 0) is 0 Å². The van der Waals surface area contributed by atoms with Gasteiger partial charge in [-0.3, -0.25) is 14.4 Å². The molecule has 0 N–H and O–H groups in total. The highest BCUT2D eigenvalue weighted by molar-refractivity contribution is 6.32. The highest BCUT2D eigenvalue weighted by Gasteiger charge is 2.71. The largest absolute Gasteiger partial charge is 0.352 e. The van der Waals surface area contributed by atoms with Crippen molar-refractivity contribution in [2.24, 2.45) is 5.41 Å². The lowest BCUT2D eigenvalue weighted by molar-refractivity contribution is 0.0664. The van der Waals surface area contributed by atoms with Crippen LogP contribution >= 0.6 is 0 Å². The Balaban J connectivity index is 1.56. The molecule has 3 aliphatic rings. The maximum absolute atomic E-state index is 15.8. The molecule has 1 fully saturated rings. The molecule has 2 aliphatic heterocycles. The van der Waals surface area contributed by atoms with E-state index in [1.807, 2.05) is 19.1 Å². The van der Waals surface area contributed by atoms with E-state index in [4.69, 9.17) is 0 Å². The van der Waals surface area contributed by atoms with Crippen molar-refractivity contribution >= 4 is 29.1 Å². The maximum atomic E-state index is 15.8. The fourth-order valence-electron chi connectivity index (χ4n) is 6.91. The summed E-state index contributed by atoms with van der Waals surface area (Å²) in [5.41, 5.74) is 1.19. The van der Waals surface area contributed by atoms with Gasteiger partial charge in [0.15, 0.2) is 17.3 Å². The summed E-state index contributed by atoms with van der Waals surface area (Å²) < 4.78 is 30.1. The monoisotopic (exact) mass is 531 g/mol. The molecule has 0 bridgehead atoms. The Hall–Kier alpha value is -4.71. The molecule has 7 rings (SSSR count). The Labute approximate surface area is 229 Å². The first-order valence-corrected chi connectivity index (χ1v) is 13.1. The third-order valence-electron chi connectivity index (χ3n) is 8.61. The summed E-state index contributed by atoms with van der Waals surface area (Å²) in [6.45, 7) is 1.91. The number of Topliss-reactive ketones (excluding diaryl/α,β-unsaturated/α-hetero) is 3. The smallest absolute Gasteiger partial charge is 0.185 e. The molecule has 4 aromatic rings. The molecule has 2 heterocycles. The number of ketones is 3. The van der Waals surface area contributed by atoms with Crippen molar-refractivity contribution in [3.63, 3.8) is 0 Å². The molecule has 1 aliphatic carbocycles. The molecule has 0 unspecified atom stereocenters. The van der Waals surface area contributed by atoms with Gasteiger partial charge in [-0.25, -0.2) is 8.78 Å². The van der Waals surface area contributed by atoms with Gasteiger partial charge >= 0.3 is 0 Å². The number of carbonyl (C=O) groups excluding carboxylic acids is 3. The Morgan fingerprint density at radius 1 is 0.825 bits per heavy atom. The number of aryl methyl sites for hydroxylation is 1. The minimum absolute atomic E-state index is 0.119. The normalized spacial score (nSPS) is 21.9. The Kier molecular flexibility index (Phi) is 5.26. The molecule has 1 spiro atoms. The number of fused-ring (bicyclic) bond motifs is 5. The van der Waals surface area contributed by atoms with Crippen molar-refractivity contribution in [1.82, 2.24) is 0 Å². The van der Waals surface area contributed by atoms with E-state index in [1.165, 1.54) is 24.3 Å². The van der Waals surface area contributed by atoms with Crippen LogP contribution in [0, 0.1) is 24.0 Å². The molecule has 0 aromatic heterocycles.